The molecule has 1 nitrogen and oxygen atoms in total. The monoisotopic (exact) mass is 268 g/mol. The van der Waals surface area contributed by atoms with Gasteiger partial charge < -0.3 is 4.43 Å². The van der Waals surface area contributed by atoms with Crippen LogP contribution in [0.1, 0.15) is 59.8 Å². The summed E-state index contributed by atoms with van der Waals surface area (Å²) in [4.78, 5) is 0. The molecule has 0 radical (unpaired) electrons. The second kappa shape index (κ2) is 8.74. The summed E-state index contributed by atoms with van der Waals surface area (Å²) < 4.78 is 6.04. The van der Waals surface area contributed by atoms with E-state index in [1.165, 1.54) is 25.7 Å². The second-order valence-corrected chi connectivity index (χ2v) is 11.3. The fourth-order valence-corrected chi connectivity index (χ4v) is 2.29. The molecule has 0 N–H and O–H groups in total. The molecule has 0 aromatic carbocycles. The molecule has 0 heterocycles. The van der Waals surface area contributed by atoms with Crippen molar-refractivity contribution in [3.05, 3.63) is 17.9 Å². The van der Waals surface area contributed by atoms with Crippen LogP contribution in [0.5, 0.6) is 0 Å². The van der Waals surface area contributed by atoms with E-state index in [1.807, 2.05) is 6.08 Å². The van der Waals surface area contributed by atoms with Crippen molar-refractivity contribution in [2.75, 3.05) is 6.61 Å². The highest BCUT2D eigenvalue weighted by Crippen LogP contribution is 2.36. The maximum Gasteiger partial charge on any atom is 0.192 e. The quantitative estimate of drug-likeness (QED) is 0.312. The van der Waals surface area contributed by atoms with E-state index in [-0.39, 0.29) is 0 Å². The van der Waals surface area contributed by atoms with Gasteiger partial charge in [-0.2, -0.15) is 0 Å². The third-order valence-electron chi connectivity index (χ3n) is 3.77. The molecule has 0 saturated carbocycles. The van der Waals surface area contributed by atoms with Crippen molar-refractivity contribution in [1.82, 2.24) is 0 Å². The topological polar surface area (TPSA) is 9.23 Å². The van der Waals surface area contributed by atoms with E-state index in [9.17, 15) is 0 Å². The number of hydrogen-bond acceptors (Lipinski definition) is 1. The Balaban J connectivity index is 3.80. The van der Waals surface area contributed by atoms with E-state index in [0.29, 0.717) is 11.6 Å². The van der Waals surface area contributed by atoms with Crippen molar-refractivity contribution in [1.29, 1.82) is 0 Å². The molecular formula is C16H32OSi. The zero-order chi connectivity index (χ0) is 14.1. The summed E-state index contributed by atoms with van der Waals surface area (Å²) in [5.74, 6) is 0. The molecule has 0 bridgehead atoms. The molecule has 0 unspecified atom stereocenters. The lowest BCUT2D eigenvalue weighted by Crippen LogP contribution is -2.40. The molecule has 2 heteroatoms. The molecule has 0 aliphatic heterocycles. The van der Waals surface area contributed by atoms with Crippen molar-refractivity contribution in [3.63, 3.8) is 0 Å². The zero-order valence-corrected chi connectivity index (χ0v) is 14.3. The van der Waals surface area contributed by atoms with E-state index in [1.54, 1.807) is 0 Å². The van der Waals surface area contributed by atoms with Crippen LogP contribution in [0.3, 0.4) is 0 Å². The zero-order valence-electron chi connectivity index (χ0n) is 13.3. The smallest absolute Gasteiger partial charge is 0.192 e. The van der Waals surface area contributed by atoms with Crippen LogP contribution in [0.2, 0.25) is 18.1 Å². The number of unbranched alkanes of at least 4 members (excludes halogenated alkanes) is 4. The summed E-state index contributed by atoms with van der Waals surface area (Å²) in [5, 5.41) is 0.296. The van der Waals surface area contributed by atoms with Gasteiger partial charge in [-0.15, -0.1) is 5.73 Å². The van der Waals surface area contributed by atoms with E-state index < -0.39 is 8.32 Å². The highest BCUT2D eigenvalue weighted by molar-refractivity contribution is 6.74. The lowest BCUT2D eigenvalue weighted by Gasteiger charge is -2.35. The first-order chi connectivity index (χ1) is 8.31. The minimum absolute atomic E-state index is 0.296. The first-order valence-corrected chi connectivity index (χ1v) is 10.3. The number of rotatable bonds is 8. The van der Waals surface area contributed by atoms with Gasteiger partial charge >= 0.3 is 0 Å². The molecule has 0 atom stereocenters. The van der Waals surface area contributed by atoms with Gasteiger partial charge in [-0.1, -0.05) is 47.0 Å². The first kappa shape index (κ1) is 17.7. The Morgan fingerprint density at radius 1 is 1.06 bits per heavy atom. The Kier molecular flexibility index (Phi) is 8.59. The van der Waals surface area contributed by atoms with Crippen LogP contribution in [-0.4, -0.2) is 14.9 Å². The van der Waals surface area contributed by atoms with Crippen molar-refractivity contribution < 1.29 is 4.43 Å². The Bertz CT molecular complexity index is 267. The molecule has 0 spiro atoms. The van der Waals surface area contributed by atoms with Crippen LogP contribution in [-0.2, 0) is 4.43 Å². The lowest BCUT2D eigenvalue weighted by atomic mass is 10.1. The predicted molar refractivity (Wildman–Crippen MR) is 84.6 cm³/mol. The molecule has 0 rings (SSSR count). The van der Waals surface area contributed by atoms with Crippen LogP contribution in [0, 0.1) is 0 Å². The Hall–Kier alpha value is -0.303. The van der Waals surface area contributed by atoms with E-state index in [2.05, 4.69) is 52.6 Å². The first-order valence-electron chi connectivity index (χ1n) is 7.34. The van der Waals surface area contributed by atoms with E-state index in [0.717, 1.165) is 6.42 Å². The predicted octanol–water partition coefficient (Wildman–Crippen LogP) is 5.69. The van der Waals surface area contributed by atoms with Crippen LogP contribution in [0.4, 0.5) is 0 Å². The van der Waals surface area contributed by atoms with Crippen LogP contribution in [0.15, 0.2) is 17.9 Å². The minimum Gasteiger partial charge on any atom is -0.413 e. The van der Waals surface area contributed by atoms with Gasteiger partial charge in [-0.3, -0.25) is 0 Å². The summed E-state index contributed by atoms with van der Waals surface area (Å²) in [6, 6.07) is 0. The average Bonchev–Trinajstić information content (AvgIpc) is 2.25. The van der Waals surface area contributed by atoms with Crippen molar-refractivity contribution in [2.45, 2.75) is 77.9 Å². The van der Waals surface area contributed by atoms with Gasteiger partial charge in [-0.05, 0) is 43.1 Å². The van der Waals surface area contributed by atoms with Gasteiger partial charge in [0.1, 0.15) is 0 Å². The largest absolute Gasteiger partial charge is 0.413 e. The third kappa shape index (κ3) is 7.92. The summed E-state index contributed by atoms with van der Waals surface area (Å²) in [6.45, 7) is 14.3. The standard InChI is InChI=1S/C16H32OSi/c1-7-8-9-10-11-12-13-14-15-17-18(5,6)16(2,3)4/h12,14H,7-11,15H2,1-6H3. The molecular weight excluding hydrogens is 236 g/mol. The molecule has 106 valence electrons. The molecule has 0 aliphatic rings. The molecule has 0 saturated heterocycles. The molecule has 0 amide bonds. The van der Waals surface area contributed by atoms with Gasteiger partial charge in [0.25, 0.3) is 0 Å². The van der Waals surface area contributed by atoms with Crippen LogP contribution < -0.4 is 0 Å². The third-order valence-corrected chi connectivity index (χ3v) is 8.27. The van der Waals surface area contributed by atoms with Gasteiger partial charge in [0.05, 0.1) is 6.61 Å². The molecule has 0 aromatic heterocycles. The van der Waals surface area contributed by atoms with Gasteiger partial charge in [0.15, 0.2) is 8.32 Å². The highest BCUT2D eigenvalue weighted by Gasteiger charge is 2.36. The second-order valence-electron chi connectivity index (χ2n) is 6.50. The molecule has 18 heavy (non-hydrogen) atoms. The lowest BCUT2D eigenvalue weighted by molar-refractivity contribution is 0.328. The molecule has 0 aromatic rings. The maximum atomic E-state index is 6.04. The Labute approximate surface area is 115 Å². The van der Waals surface area contributed by atoms with Gasteiger partial charge in [0.2, 0.25) is 0 Å². The van der Waals surface area contributed by atoms with Crippen LogP contribution in [0.25, 0.3) is 0 Å². The minimum atomic E-state index is -1.58. The normalized spacial score (nSPS) is 12.1. The fraction of sp³-hybridized carbons (Fsp3) is 0.812. The van der Waals surface area contributed by atoms with Crippen LogP contribution >= 0.6 is 0 Å². The Morgan fingerprint density at radius 2 is 1.72 bits per heavy atom. The molecule has 0 aliphatic carbocycles. The van der Waals surface area contributed by atoms with Crippen molar-refractivity contribution in [3.8, 4) is 0 Å². The van der Waals surface area contributed by atoms with Gasteiger partial charge in [-0.25, -0.2) is 0 Å². The van der Waals surface area contributed by atoms with Gasteiger partial charge in [0, 0.05) is 0 Å². The van der Waals surface area contributed by atoms with Crippen molar-refractivity contribution >= 4 is 8.32 Å². The summed E-state index contributed by atoms with van der Waals surface area (Å²) in [7, 11) is -1.58. The highest BCUT2D eigenvalue weighted by atomic mass is 28.4. The van der Waals surface area contributed by atoms with E-state index >= 15 is 0 Å². The molecule has 0 fully saturated rings. The maximum absolute atomic E-state index is 6.04. The number of hydrogen-bond donors (Lipinski definition) is 0. The SMILES string of the molecule is CCCCCCC=C=CCO[Si](C)(C)C(C)(C)C. The fourth-order valence-electron chi connectivity index (χ4n) is 1.35. The summed E-state index contributed by atoms with van der Waals surface area (Å²) >= 11 is 0. The summed E-state index contributed by atoms with van der Waals surface area (Å²) in [5.41, 5.74) is 3.23. The van der Waals surface area contributed by atoms with Crippen molar-refractivity contribution in [2.24, 2.45) is 0 Å². The average molecular weight is 269 g/mol. The Morgan fingerprint density at radius 3 is 2.28 bits per heavy atom. The summed E-state index contributed by atoms with van der Waals surface area (Å²) in [6.07, 6.45) is 10.6. The van der Waals surface area contributed by atoms with E-state index in [4.69, 9.17) is 4.43 Å².